The van der Waals surface area contributed by atoms with Crippen molar-refractivity contribution < 1.29 is 19.1 Å². The standard InChI is InChI=1S/C23H31FN4O3.C8H10/c1-13(25-3)21(30)27-20(12-29)22(31)28-9-8-14-4-7-18(23(14,28)2)17-11-26-19-10-15(24)5-6-16(17)19;1-2-8-6-4-3-5-7-8/h5-6,10-11,13-14,18,20,25-26,29H,4,7-9,12H2,1-3H3,(H,27,30);3-7H,2H2,1H3/t13-,14+,18+,20?,23-;/m0./s1. The molecule has 1 saturated heterocycles. The topological polar surface area (TPSA) is 97.5 Å². The number of benzene rings is 2. The van der Waals surface area contributed by atoms with Gasteiger partial charge < -0.3 is 25.6 Å². The highest BCUT2D eigenvalue weighted by Crippen LogP contribution is 2.55. The number of fused-ring (bicyclic) bond motifs is 2. The number of nitrogens with one attached hydrogen (secondary N) is 3. The van der Waals surface area contributed by atoms with Gasteiger partial charge in [0.15, 0.2) is 0 Å². The Morgan fingerprint density at radius 3 is 2.56 bits per heavy atom. The van der Waals surface area contributed by atoms with Crippen LogP contribution in [-0.2, 0) is 16.0 Å². The Morgan fingerprint density at radius 2 is 1.92 bits per heavy atom. The number of halogens is 1. The fraction of sp³-hybridized carbons (Fsp3) is 0.484. The van der Waals surface area contributed by atoms with Gasteiger partial charge in [-0.3, -0.25) is 9.59 Å². The van der Waals surface area contributed by atoms with E-state index in [4.69, 9.17) is 0 Å². The van der Waals surface area contributed by atoms with Crippen molar-refractivity contribution >= 4 is 22.7 Å². The van der Waals surface area contributed by atoms with Gasteiger partial charge in [0.2, 0.25) is 11.8 Å². The van der Waals surface area contributed by atoms with E-state index >= 15 is 0 Å². The molecule has 210 valence electrons. The van der Waals surface area contributed by atoms with Crippen LogP contribution in [0.2, 0.25) is 0 Å². The molecule has 39 heavy (non-hydrogen) atoms. The zero-order valence-corrected chi connectivity index (χ0v) is 23.3. The first-order valence-corrected chi connectivity index (χ1v) is 13.9. The summed E-state index contributed by atoms with van der Waals surface area (Å²) < 4.78 is 13.7. The quantitative estimate of drug-likeness (QED) is 0.365. The van der Waals surface area contributed by atoms with Crippen LogP contribution in [0.1, 0.15) is 57.1 Å². The molecule has 2 aromatic carbocycles. The van der Waals surface area contributed by atoms with E-state index in [2.05, 4.69) is 53.7 Å². The van der Waals surface area contributed by atoms with Crippen molar-refractivity contribution in [2.75, 3.05) is 20.2 Å². The molecule has 4 N–H and O–H groups in total. The SMILES string of the molecule is CCc1ccccc1.CN[C@@H](C)C(=O)NC(CO)C(=O)N1CC[C@H]2CC[C@H](c3c[nH]c4cc(F)ccc34)[C@]21C. The molecule has 1 saturated carbocycles. The van der Waals surface area contributed by atoms with E-state index < -0.39 is 24.2 Å². The van der Waals surface area contributed by atoms with E-state index in [0.717, 1.165) is 42.1 Å². The Morgan fingerprint density at radius 1 is 1.18 bits per heavy atom. The van der Waals surface area contributed by atoms with Gasteiger partial charge in [-0.05, 0) is 81.8 Å². The van der Waals surface area contributed by atoms with Gasteiger partial charge in [0, 0.05) is 35.1 Å². The lowest BCUT2D eigenvalue weighted by molar-refractivity contribution is -0.141. The zero-order chi connectivity index (χ0) is 28.2. The maximum atomic E-state index is 13.7. The molecular weight excluding hydrogens is 495 g/mol. The second-order valence-electron chi connectivity index (χ2n) is 10.9. The number of carbonyl (C=O) groups excluding carboxylic acids is 2. The molecule has 1 aromatic heterocycles. The van der Waals surface area contributed by atoms with Crippen molar-refractivity contribution in [3.05, 3.63) is 71.7 Å². The Kier molecular flexibility index (Phi) is 9.08. The van der Waals surface area contributed by atoms with Gasteiger partial charge in [0.25, 0.3) is 0 Å². The van der Waals surface area contributed by atoms with Crippen molar-refractivity contribution in [2.45, 2.75) is 70.0 Å². The highest BCUT2D eigenvalue weighted by Gasteiger charge is 2.57. The number of aromatic amines is 1. The lowest BCUT2D eigenvalue weighted by Crippen LogP contribution is -2.58. The normalized spacial score (nSPS) is 23.6. The van der Waals surface area contributed by atoms with Crippen LogP contribution in [0.5, 0.6) is 0 Å². The zero-order valence-electron chi connectivity index (χ0n) is 23.3. The number of hydrogen-bond acceptors (Lipinski definition) is 4. The van der Waals surface area contributed by atoms with Gasteiger partial charge in [-0.25, -0.2) is 4.39 Å². The van der Waals surface area contributed by atoms with E-state index in [1.165, 1.54) is 17.7 Å². The van der Waals surface area contributed by atoms with Crippen molar-refractivity contribution in [2.24, 2.45) is 5.92 Å². The van der Waals surface area contributed by atoms with E-state index in [1.54, 1.807) is 20.0 Å². The van der Waals surface area contributed by atoms with Gasteiger partial charge >= 0.3 is 0 Å². The molecule has 2 amide bonds. The summed E-state index contributed by atoms with van der Waals surface area (Å²) in [6.07, 6.45) is 5.91. The molecule has 0 spiro atoms. The number of aliphatic hydroxyl groups is 1. The Balaban J connectivity index is 0.000000379. The third-order valence-corrected chi connectivity index (χ3v) is 8.81. The maximum Gasteiger partial charge on any atom is 0.248 e. The van der Waals surface area contributed by atoms with Crippen LogP contribution in [0.4, 0.5) is 4.39 Å². The second-order valence-corrected chi connectivity index (χ2v) is 10.9. The first kappa shape index (κ1) is 28.8. The average Bonchev–Trinajstić information content (AvgIpc) is 3.61. The minimum absolute atomic E-state index is 0.0921. The monoisotopic (exact) mass is 536 g/mol. The molecule has 7 nitrogen and oxygen atoms in total. The summed E-state index contributed by atoms with van der Waals surface area (Å²) in [4.78, 5) is 30.8. The predicted molar refractivity (Wildman–Crippen MR) is 152 cm³/mol. The van der Waals surface area contributed by atoms with Gasteiger partial charge in [0.05, 0.1) is 12.6 Å². The van der Waals surface area contributed by atoms with Crippen molar-refractivity contribution in [1.29, 1.82) is 0 Å². The van der Waals surface area contributed by atoms with Crippen LogP contribution in [0.3, 0.4) is 0 Å². The smallest absolute Gasteiger partial charge is 0.248 e. The van der Waals surface area contributed by atoms with Crippen LogP contribution in [-0.4, -0.2) is 64.6 Å². The number of aliphatic hydroxyl groups excluding tert-OH is 1. The number of carbonyl (C=O) groups is 2. The van der Waals surface area contributed by atoms with Crippen LogP contribution >= 0.6 is 0 Å². The van der Waals surface area contributed by atoms with Crippen molar-refractivity contribution in [3.8, 4) is 0 Å². The molecule has 2 fully saturated rings. The first-order valence-electron chi connectivity index (χ1n) is 13.9. The predicted octanol–water partition coefficient (Wildman–Crippen LogP) is 4.13. The fourth-order valence-corrected chi connectivity index (χ4v) is 6.35. The van der Waals surface area contributed by atoms with E-state index in [-0.39, 0.29) is 23.5 Å². The third kappa shape index (κ3) is 5.72. The Bertz CT molecular complexity index is 1280. The van der Waals surface area contributed by atoms with Crippen LogP contribution in [0.15, 0.2) is 54.7 Å². The van der Waals surface area contributed by atoms with Crippen molar-refractivity contribution in [3.63, 3.8) is 0 Å². The summed E-state index contributed by atoms with van der Waals surface area (Å²) >= 11 is 0. The van der Waals surface area contributed by atoms with Crippen LogP contribution in [0, 0.1) is 11.7 Å². The maximum absolute atomic E-state index is 13.7. The molecule has 2 heterocycles. The number of amides is 2. The highest BCUT2D eigenvalue weighted by atomic mass is 19.1. The largest absolute Gasteiger partial charge is 0.394 e. The summed E-state index contributed by atoms with van der Waals surface area (Å²) in [6, 6.07) is 13.8. The highest BCUT2D eigenvalue weighted by molar-refractivity contribution is 5.90. The molecule has 5 atom stereocenters. The number of rotatable bonds is 7. The number of likely N-dealkylation sites (N-methyl/N-ethyl adjacent to an activating group) is 1. The van der Waals surface area contributed by atoms with Crippen LogP contribution in [0.25, 0.3) is 10.9 Å². The lowest BCUT2D eigenvalue weighted by atomic mass is 9.79. The second kappa shape index (κ2) is 12.3. The number of aromatic nitrogens is 1. The third-order valence-electron chi connectivity index (χ3n) is 8.81. The van der Waals surface area contributed by atoms with Gasteiger partial charge in [-0.1, -0.05) is 37.3 Å². The van der Waals surface area contributed by atoms with Gasteiger partial charge in [0.1, 0.15) is 11.9 Å². The van der Waals surface area contributed by atoms with E-state index in [1.807, 2.05) is 17.2 Å². The minimum Gasteiger partial charge on any atom is -0.394 e. The molecule has 2 aliphatic rings. The number of aryl methyl sites for hydroxylation is 1. The Hall–Kier alpha value is -3.23. The summed E-state index contributed by atoms with van der Waals surface area (Å²) in [6.45, 7) is 6.13. The van der Waals surface area contributed by atoms with Crippen molar-refractivity contribution in [1.82, 2.24) is 20.5 Å². The summed E-state index contributed by atoms with van der Waals surface area (Å²) in [5.41, 5.74) is 2.83. The summed E-state index contributed by atoms with van der Waals surface area (Å²) in [5, 5.41) is 16.4. The molecule has 3 aromatic rings. The summed E-state index contributed by atoms with van der Waals surface area (Å²) in [7, 11) is 1.67. The lowest BCUT2D eigenvalue weighted by Gasteiger charge is -2.42. The fourth-order valence-electron chi connectivity index (χ4n) is 6.35. The van der Waals surface area contributed by atoms with Crippen LogP contribution < -0.4 is 10.6 Å². The molecule has 0 bridgehead atoms. The summed E-state index contributed by atoms with van der Waals surface area (Å²) in [5.74, 6) is -0.418. The van der Waals surface area contributed by atoms with E-state index in [0.29, 0.717) is 12.5 Å². The average molecular weight is 537 g/mol. The minimum atomic E-state index is -0.975. The number of H-pyrrole nitrogens is 1. The number of nitrogens with zero attached hydrogens (tertiary/aromatic N) is 1. The number of hydrogen-bond donors (Lipinski definition) is 4. The molecule has 8 heteroatoms. The molecule has 5 rings (SSSR count). The number of likely N-dealkylation sites (tertiary alicyclic amines) is 1. The van der Waals surface area contributed by atoms with Gasteiger partial charge in [-0.2, -0.15) is 0 Å². The molecular formula is C31H41FN4O3. The first-order chi connectivity index (χ1) is 18.7. The Labute approximate surface area is 230 Å². The molecule has 0 radical (unpaired) electrons. The van der Waals surface area contributed by atoms with Gasteiger partial charge in [-0.15, -0.1) is 0 Å². The molecule has 1 aliphatic heterocycles. The molecule has 1 unspecified atom stereocenters. The van der Waals surface area contributed by atoms with E-state index in [9.17, 15) is 19.1 Å². The molecule has 1 aliphatic carbocycles.